The van der Waals surface area contributed by atoms with Gasteiger partial charge in [0.2, 0.25) is 0 Å². The van der Waals surface area contributed by atoms with Gasteiger partial charge in [0.05, 0.1) is 12.2 Å². The molecule has 2 aromatic carbocycles. The minimum Gasteiger partial charge on any atom is -0.481 e. The number of carboxylic acids is 2. The highest BCUT2D eigenvalue weighted by Crippen LogP contribution is 2.15. The lowest BCUT2D eigenvalue weighted by atomic mass is 10.1. The van der Waals surface area contributed by atoms with E-state index in [0.717, 1.165) is 0 Å². The standard InChI is InChI=1S/C19H19FO6S/c20-16-7-5-13(6-8-16)9-10-27(25,26)17(19(23)24)11-14-1-3-15(4-2-14)12-18(21)22/h1-8,17H,9-12H2,(H,21,22)(H,23,24). The van der Waals surface area contributed by atoms with E-state index in [9.17, 15) is 27.5 Å². The Hall–Kier alpha value is -2.74. The maximum atomic E-state index is 12.9. The quantitative estimate of drug-likeness (QED) is 0.674. The molecule has 0 radical (unpaired) electrons. The molecule has 0 spiro atoms. The van der Waals surface area contributed by atoms with Crippen LogP contribution in [0.5, 0.6) is 0 Å². The minimum atomic E-state index is -3.94. The molecule has 0 saturated heterocycles. The first-order chi connectivity index (χ1) is 12.7. The minimum absolute atomic E-state index is 0.0872. The van der Waals surface area contributed by atoms with E-state index < -0.39 is 32.8 Å². The van der Waals surface area contributed by atoms with Crippen molar-refractivity contribution in [2.24, 2.45) is 0 Å². The number of hydrogen-bond acceptors (Lipinski definition) is 4. The molecule has 0 aliphatic carbocycles. The first kappa shape index (κ1) is 20.6. The number of carbonyl (C=O) groups is 2. The van der Waals surface area contributed by atoms with Crippen LogP contribution >= 0.6 is 0 Å². The molecule has 1 atom stereocenters. The Balaban J connectivity index is 2.09. The summed E-state index contributed by atoms with van der Waals surface area (Å²) in [6, 6.07) is 11.5. The Kier molecular flexibility index (Phi) is 6.68. The van der Waals surface area contributed by atoms with Gasteiger partial charge in [-0.25, -0.2) is 12.8 Å². The predicted molar refractivity (Wildman–Crippen MR) is 96.8 cm³/mol. The number of carboxylic acid groups (broad SMARTS) is 2. The second kappa shape index (κ2) is 8.77. The van der Waals surface area contributed by atoms with Crippen LogP contribution in [0.15, 0.2) is 48.5 Å². The van der Waals surface area contributed by atoms with Gasteiger partial charge in [0, 0.05) is 0 Å². The van der Waals surface area contributed by atoms with Crippen molar-refractivity contribution >= 4 is 21.8 Å². The Morgan fingerprint density at radius 2 is 1.41 bits per heavy atom. The summed E-state index contributed by atoms with van der Waals surface area (Å²) >= 11 is 0. The smallest absolute Gasteiger partial charge is 0.322 e. The number of hydrogen-bond donors (Lipinski definition) is 2. The third-order valence-electron chi connectivity index (χ3n) is 4.10. The molecule has 1 unspecified atom stereocenters. The number of benzene rings is 2. The molecule has 144 valence electrons. The monoisotopic (exact) mass is 394 g/mol. The summed E-state index contributed by atoms with van der Waals surface area (Å²) in [6.07, 6.45) is -0.295. The third-order valence-corrected chi connectivity index (χ3v) is 6.11. The van der Waals surface area contributed by atoms with Crippen molar-refractivity contribution < 1.29 is 32.6 Å². The summed E-state index contributed by atoms with van der Waals surface area (Å²) in [5.74, 6) is -3.23. The molecule has 0 aliphatic rings. The van der Waals surface area contributed by atoms with Crippen molar-refractivity contribution in [3.05, 3.63) is 71.0 Å². The van der Waals surface area contributed by atoms with Crippen molar-refractivity contribution in [1.29, 1.82) is 0 Å². The SMILES string of the molecule is O=C(O)Cc1ccc(CC(C(=O)O)S(=O)(=O)CCc2ccc(F)cc2)cc1. The van der Waals surface area contributed by atoms with E-state index in [1.54, 1.807) is 0 Å². The first-order valence-corrected chi connectivity index (χ1v) is 9.87. The van der Waals surface area contributed by atoms with Crippen LogP contribution in [0.3, 0.4) is 0 Å². The van der Waals surface area contributed by atoms with Gasteiger partial charge >= 0.3 is 11.9 Å². The van der Waals surface area contributed by atoms with E-state index in [0.29, 0.717) is 16.7 Å². The lowest BCUT2D eigenvalue weighted by Gasteiger charge is -2.14. The molecule has 8 heteroatoms. The second-order valence-electron chi connectivity index (χ2n) is 6.16. The summed E-state index contributed by atoms with van der Waals surface area (Å²) < 4.78 is 37.9. The molecule has 0 bridgehead atoms. The summed E-state index contributed by atoms with van der Waals surface area (Å²) in [7, 11) is -3.94. The summed E-state index contributed by atoms with van der Waals surface area (Å²) in [5.41, 5.74) is 1.63. The van der Waals surface area contributed by atoms with Crippen LogP contribution in [-0.4, -0.2) is 41.6 Å². The molecule has 0 aromatic heterocycles. The van der Waals surface area contributed by atoms with Gasteiger partial charge in [0.25, 0.3) is 0 Å². The van der Waals surface area contributed by atoms with Gasteiger partial charge in [-0.2, -0.15) is 0 Å². The maximum Gasteiger partial charge on any atom is 0.322 e. The van der Waals surface area contributed by atoms with Gasteiger partial charge in [0.1, 0.15) is 5.82 Å². The largest absolute Gasteiger partial charge is 0.481 e. The van der Waals surface area contributed by atoms with Crippen LogP contribution in [0.25, 0.3) is 0 Å². The fourth-order valence-corrected chi connectivity index (χ4v) is 4.16. The zero-order valence-corrected chi connectivity index (χ0v) is 15.2. The highest BCUT2D eigenvalue weighted by molar-refractivity contribution is 7.92. The van der Waals surface area contributed by atoms with E-state index >= 15 is 0 Å². The van der Waals surface area contributed by atoms with Gasteiger partial charge < -0.3 is 10.2 Å². The van der Waals surface area contributed by atoms with Gasteiger partial charge in [-0.3, -0.25) is 9.59 Å². The van der Waals surface area contributed by atoms with Gasteiger partial charge in [-0.05, 0) is 41.7 Å². The molecule has 2 rings (SSSR count). The van der Waals surface area contributed by atoms with E-state index in [4.69, 9.17) is 5.11 Å². The zero-order chi connectivity index (χ0) is 20.0. The molecule has 0 amide bonds. The Morgan fingerprint density at radius 1 is 0.889 bits per heavy atom. The average molecular weight is 394 g/mol. The van der Waals surface area contributed by atoms with E-state index in [1.807, 2.05) is 0 Å². The van der Waals surface area contributed by atoms with Crippen LogP contribution in [0, 0.1) is 5.82 Å². The number of rotatable bonds is 9. The molecule has 0 saturated carbocycles. The zero-order valence-electron chi connectivity index (χ0n) is 14.3. The molecular formula is C19H19FO6S. The van der Waals surface area contributed by atoms with E-state index in [-0.39, 0.29) is 25.0 Å². The van der Waals surface area contributed by atoms with Crippen LogP contribution < -0.4 is 0 Å². The average Bonchev–Trinajstić information content (AvgIpc) is 2.59. The Morgan fingerprint density at radius 3 is 1.93 bits per heavy atom. The summed E-state index contributed by atoms with van der Waals surface area (Å²) in [4.78, 5) is 22.2. The topological polar surface area (TPSA) is 109 Å². The molecular weight excluding hydrogens is 375 g/mol. The fourth-order valence-electron chi connectivity index (χ4n) is 2.60. The lowest BCUT2D eigenvalue weighted by Crippen LogP contribution is -2.34. The highest BCUT2D eigenvalue weighted by Gasteiger charge is 2.32. The predicted octanol–water partition coefficient (Wildman–Crippen LogP) is 2.11. The van der Waals surface area contributed by atoms with Crippen LogP contribution in [0.1, 0.15) is 16.7 Å². The van der Waals surface area contributed by atoms with Crippen LogP contribution in [0.4, 0.5) is 4.39 Å². The van der Waals surface area contributed by atoms with Gasteiger partial charge in [-0.1, -0.05) is 36.4 Å². The van der Waals surface area contributed by atoms with Crippen molar-refractivity contribution in [2.45, 2.75) is 24.5 Å². The molecule has 27 heavy (non-hydrogen) atoms. The third kappa shape index (κ3) is 6.18. The van der Waals surface area contributed by atoms with Crippen molar-refractivity contribution in [3.63, 3.8) is 0 Å². The number of aryl methyl sites for hydroxylation is 1. The molecule has 0 heterocycles. The number of halogens is 1. The van der Waals surface area contributed by atoms with Crippen molar-refractivity contribution in [3.8, 4) is 0 Å². The molecule has 0 fully saturated rings. The highest BCUT2D eigenvalue weighted by atomic mass is 32.2. The second-order valence-corrected chi connectivity index (χ2v) is 8.46. The van der Waals surface area contributed by atoms with Crippen LogP contribution in [-0.2, 0) is 38.7 Å². The maximum absolute atomic E-state index is 12.9. The number of aliphatic carboxylic acids is 2. The van der Waals surface area contributed by atoms with Crippen LogP contribution in [0.2, 0.25) is 0 Å². The summed E-state index contributed by atoms with van der Waals surface area (Å²) in [6.45, 7) is 0. The Labute approximate surface area is 156 Å². The van der Waals surface area contributed by atoms with Crippen molar-refractivity contribution in [2.75, 3.05) is 5.75 Å². The normalized spacial score (nSPS) is 12.5. The van der Waals surface area contributed by atoms with E-state index in [1.165, 1.54) is 48.5 Å². The number of sulfone groups is 1. The Bertz CT molecular complexity index is 904. The first-order valence-electron chi connectivity index (χ1n) is 8.16. The van der Waals surface area contributed by atoms with Gasteiger partial charge in [-0.15, -0.1) is 0 Å². The van der Waals surface area contributed by atoms with E-state index in [2.05, 4.69) is 0 Å². The lowest BCUT2D eigenvalue weighted by molar-refractivity contribution is -0.137. The molecule has 2 N–H and O–H groups in total. The molecule has 0 aliphatic heterocycles. The molecule has 2 aromatic rings. The summed E-state index contributed by atoms with van der Waals surface area (Å²) in [5, 5.41) is 16.5. The van der Waals surface area contributed by atoms with Crippen molar-refractivity contribution in [1.82, 2.24) is 0 Å². The molecule has 6 nitrogen and oxygen atoms in total. The fraction of sp³-hybridized carbons (Fsp3) is 0.263. The van der Waals surface area contributed by atoms with Gasteiger partial charge in [0.15, 0.2) is 15.1 Å².